The molecule has 2 aromatic rings. The van der Waals surface area contributed by atoms with Crippen LogP contribution in [0.2, 0.25) is 0 Å². The van der Waals surface area contributed by atoms with Crippen LogP contribution in [0.25, 0.3) is 17.3 Å². The Kier molecular flexibility index (Phi) is 3.79. The molecule has 5 nitrogen and oxygen atoms in total. The Bertz CT molecular complexity index is 974. The van der Waals surface area contributed by atoms with Gasteiger partial charge in [0, 0.05) is 17.4 Å². The Morgan fingerprint density at radius 2 is 2.19 bits per heavy atom. The average molecular weight is 361 g/mol. The summed E-state index contributed by atoms with van der Waals surface area (Å²) >= 11 is 0. The van der Waals surface area contributed by atoms with Gasteiger partial charge < -0.3 is 15.2 Å². The summed E-state index contributed by atoms with van der Waals surface area (Å²) < 4.78 is 5.76. The van der Waals surface area contributed by atoms with Gasteiger partial charge in [-0.15, -0.1) is 0 Å². The van der Waals surface area contributed by atoms with E-state index in [1.165, 1.54) is 23.1 Å². The fraction of sp³-hybridized carbons (Fsp3) is 0.364. The van der Waals surface area contributed by atoms with E-state index in [0.29, 0.717) is 6.54 Å². The first-order valence-corrected chi connectivity index (χ1v) is 9.56. The van der Waals surface area contributed by atoms with E-state index in [1.807, 2.05) is 6.20 Å². The largest absolute Gasteiger partial charge is 0.496 e. The van der Waals surface area contributed by atoms with E-state index in [0.717, 1.165) is 47.8 Å². The van der Waals surface area contributed by atoms with Gasteiger partial charge in [-0.1, -0.05) is 18.6 Å². The van der Waals surface area contributed by atoms with Crippen molar-refractivity contribution < 1.29 is 9.84 Å². The molecule has 1 aromatic carbocycles. The minimum atomic E-state index is -0.0361. The minimum Gasteiger partial charge on any atom is -0.496 e. The summed E-state index contributed by atoms with van der Waals surface area (Å²) in [5, 5.41) is 12.7. The minimum absolute atomic E-state index is 0.0361. The van der Waals surface area contributed by atoms with Crippen LogP contribution in [0.3, 0.4) is 0 Å². The van der Waals surface area contributed by atoms with Crippen molar-refractivity contribution in [3.8, 4) is 17.0 Å². The Morgan fingerprint density at radius 1 is 1.30 bits per heavy atom. The second kappa shape index (κ2) is 6.20. The highest BCUT2D eigenvalue weighted by molar-refractivity contribution is 6.11. The number of amidine groups is 1. The lowest BCUT2D eigenvalue weighted by atomic mass is 9.64. The third-order valence-corrected chi connectivity index (χ3v) is 6.07. The SMILES string of the molecule is COc1cc2c(cc1-c1cc3c(cn1)C=CC3)NC(=NCCO)C21CCC1. The third kappa shape index (κ3) is 2.42. The fourth-order valence-electron chi connectivity index (χ4n) is 4.51. The Hall–Kier alpha value is -2.66. The number of allylic oxidation sites excluding steroid dienone is 1. The van der Waals surface area contributed by atoms with E-state index in [4.69, 9.17) is 4.74 Å². The second-order valence-electron chi connectivity index (χ2n) is 7.49. The van der Waals surface area contributed by atoms with Crippen molar-refractivity contribution in [3.63, 3.8) is 0 Å². The number of aliphatic imine (C=N–C) groups is 1. The van der Waals surface area contributed by atoms with Crippen molar-refractivity contribution in [2.24, 2.45) is 4.99 Å². The predicted molar refractivity (Wildman–Crippen MR) is 108 cm³/mol. The van der Waals surface area contributed by atoms with Crippen molar-refractivity contribution in [2.75, 3.05) is 25.6 Å². The van der Waals surface area contributed by atoms with Crippen LogP contribution in [0, 0.1) is 0 Å². The number of aliphatic hydroxyl groups excluding tert-OH is 1. The zero-order valence-electron chi connectivity index (χ0n) is 15.5. The van der Waals surface area contributed by atoms with E-state index < -0.39 is 0 Å². The van der Waals surface area contributed by atoms with Crippen LogP contribution >= 0.6 is 0 Å². The van der Waals surface area contributed by atoms with Gasteiger partial charge in [0.15, 0.2) is 0 Å². The molecule has 1 aromatic heterocycles. The van der Waals surface area contributed by atoms with Gasteiger partial charge in [0.25, 0.3) is 0 Å². The van der Waals surface area contributed by atoms with Crippen LogP contribution in [-0.4, -0.2) is 36.2 Å². The smallest absolute Gasteiger partial charge is 0.128 e. The van der Waals surface area contributed by atoms with Crippen LogP contribution < -0.4 is 10.1 Å². The predicted octanol–water partition coefficient (Wildman–Crippen LogP) is 3.56. The van der Waals surface area contributed by atoms with E-state index in [2.05, 4.69) is 45.6 Å². The number of ether oxygens (including phenoxy) is 1. The van der Waals surface area contributed by atoms with E-state index in [1.54, 1.807) is 7.11 Å². The number of anilines is 1. The quantitative estimate of drug-likeness (QED) is 0.874. The van der Waals surface area contributed by atoms with Gasteiger partial charge in [-0.25, -0.2) is 0 Å². The molecular formula is C22H23N3O2. The molecule has 5 heteroatoms. The Labute approximate surface area is 158 Å². The number of benzene rings is 1. The number of pyridine rings is 1. The molecule has 2 aliphatic carbocycles. The summed E-state index contributed by atoms with van der Waals surface area (Å²) in [6, 6.07) is 6.46. The van der Waals surface area contributed by atoms with Gasteiger partial charge in [-0.05, 0) is 54.2 Å². The van der Waals surface area contributed by atoms with Gasteiger partial charge in [0.05, 0.1) is 31.4 Å². The lowest BCUT2D eigenvalue weighted by Crippen LogP contribution is -2.41. The van der Waals surface area contributed by atoms with Gasteiger partial charge in [-0.3, -0.25) is 9.98 Å². The number of aromatic nitrogens is 1. The highest BCUT2D eigenvalue weighted by Gasteiger charge is 2.49. The molecule has 0 unspecified atom stereocenters. The zero-order valence-corrected chi connectivity index (χ0v) is 15.5. The summed E-state index contributed by atoms with van der Waals surface area (Å²) in [6.45, 7) is 0.501. The number of methoxy groups -OCH3 is 1. The van der Waals surface area contributed by atoms with Gasteiger partial charge in [0.1, 0.15) is 11.6 Å². The monoisotopic (exact) mass is 361 g/mol. The first-order valence-electron chi connectivity index (χ1n) is 9.56. The molecule has 0 amide bonds. The van der Waals surface area contributed by atoms with E-state index in [9.17, 15) is 5.11 Å². The molecule has 1 saturated carbocycles. The molecule has 0 atom stereocenters. The molecule has 5 rings (SSSR count). The summed E-state index contributed by atoms with van der Waals surface area (Å²) in [4.78, 5) is 9.30. The summed E-state index contributed by atoms with van der Waals surface area (Å²) in [6.07, 6.45) is 10.6. The number of hydrogen-bond acceptors (Lipinski definition) is 4. The normalized spacial score (nSPS) is 19.7. The van der Waals surface area contributed by atoms with Gasteiger partial charge in [0.2, 0.25) is 0 Å². The van der Waals surface area contributed by atoms with Crippen LogP contribution in [0.15, 0.2) is 35.5 Å². The molecule has 0 radical (unpaired) electrons. The molecular weight excluding hydrogens is 338 g/mol. The van der Waals surface area contributed by atoms with Crippen LogP contribution in [0.1, 0.15) is 36.0 Å². The topological polar surface area (TPSA) is 66.7 Å². The third-order valence-electron chi connectivity index (χ3n) is 6.07. The number of nitrogens with zero attached hydrogens (tertiary/aromatic N) is 2. The van der Waals surface area contributed by atoms with Crippen LogP contribution in [-0.2, 0) is 11.8 Å². The van der Waals surface area contributed by atoms with Crippen molar-refractivity contribution in [2.45, 2.75) is 31.1 Å². The van der Waals surface area contributed by atoms with Crippen LogP contribution in [0.4, 0.5) is 5.69 Å². The van der Waals surface area contributed by atoms with E-state index in [-0.39, 0.29) is 12.0 Å². The fourth-order valence-corrected chi connectivity index (χ4v) is 4.51. The highest BCUT2D eigenvalue weighted by atomic mass is 16.5. The summed E-state index contributed by atoms with van der Waals surface area (Å²) in [5.41, 5.74) is 6.74. The summed E-state index contributed by atoms with van der Waals surface area (Å²) in [5.74, 6) is 1.84. The Morgan fingerprint density at radius 3 is 2.93 bits per heavy atom. The lowest BCUT2D eigenvalue weighted by molar-refractivity contribution is 0.304. The van der Waals surface area contributed by atoms with Crippen molar-refractivity contribution in [3.05, 3.63) is 47.2 Å². The van der Waals surface area contributed by atoms with Crippen LogP contribution in [0.5, 0.6) is 5.75 Å². The van der Waals surface area contributed by atoms with Crippen molar-refractivity contribution >= 4 is 17.6 Å². The lowest BCUT2D eigenvalue weighted by Gasteiger charge is -2.38. The number of hydrogen-bond donors (Lipinski definition) is 2. The van der Waals surface area contributed by atoms with Crippen molar-refractivity contribution in [1.82, 2.24) is 4.98 Å². The molecule has 2 N–H and O–H groups in total. The maximum absolute atomic E-state index is 9.19. The van der Waals surface area contributed by atoms with Gasteiger partial charge >= 0.3 is 0 Å². The number of rotatable bonds is 4. The molecule has 1 spiro atoms. The maximum Gasteiger partial charge on any atom is 0.128 e. The standard InChI is InChI=1S/C22H23N3O2/c1-27-20-12-17-19(25-21(23-8-9-26)22(17)6-3-7-22)11-16(20)18-10-14-4-2-5-15(14)13-24-18/h2,5,10-13,26H,3-4,6-9H2,1H3,(H,23,25). The molecule has 3 aliphatic rings. The van der Waals surface area contributed by atoms with Crippen molar-refractivity contribution in [1.29, 1.82) is 0 Å². The highest BCUT2D eigenvalue weighted by Crippen LogP contribution is 2.53. The molecule has 0 saturated heterocycles. The van der Waals surface area contributed by atoms with E-state index >= 15 is 0 Å². The number of aliphatic hydroxyl groups is 1. The first-order chi connectivity index (χ1) is 13.2. The average Bonchev–Trinajstić information content (AvgIpc) is 3.25. The zero-order chi connectivity index (χ0) is 18.4. The molecule has 138 valence electrons. The summed E-state index contributed by atoms with van der Waals surface area (Å²) in [7, 11) is 1.72. The molecule has 1 fully saturated rings. The number of nitrogens with one attached hydrogen (secondary N) is 1. The van der Waals surface area contributed by atoms with Gasteiger partial charge in [-0.2, -0.15) is 0 Å². The molecule has 27 heavy (non-hydrogen) atoms. The number of fused-ring (bicyclic) bond motifs is 3. The second-order valence-corrected chi connectivity index (χ2v) is 7.49. The molecule has 0 bridgehead atoms. The molecule has 2 heterocycles. The Balaban J connectivity index is 1.61. The maximum atomic E-state index is 9.19. The molecule has 1 aliphatic heterocycles. The first kappa shape index (κ1) is 16.5.